The number of hydrogen-bond donors (Lipinski definition) is 3. The lowest BCUT2D eigenvalue weighted by molar-refractivity contribution is -0.284. The maximum atomic E-state index is 13.8. The molecule has 0 bridgehead atoms. The Morgan fingerprint density at radius 1 is 1.14 bits per heavy atom. The zero-order valence-electron chi connectivity index (χ0n) is 17.2. The van der Waals surface area contributed by atoms with Gasteiger partial charge in [0.15, 0.2) is 0 Å². The van der Waals surface area contributed by atoms with Crippen LogP contribution in [0.5, 0.6) is 5.75 Å². The molecule has 0 radical (unpaired) electrons. The van der Waals surface area contributed by atoms with Crippen LogP contribution >= 0.6 is 0 Å². The Labute approximate surface area is 170 Å². The van der Waals surface area contributed by atoms with Gasteiger partial charge >= 0.3 is 0 Å². The SMILES string of the molecule is CCC(O)c1ccc(O[C@@H]2OC(C)(C)[C@H](C)[C@@H](O)[C@H]2O)cc1-c1cccc(F)c1. The summed E-state index contributed by atoms with van der Waals surface area (Å²) >= 11 is 0. The smallest absolute Gasteiger partial charge is 0.229 e. The van der Waals surface area contributed by atoms with Gasteiger partial charge in [0.25, 0.3) is 0 Å². The van der Waals surface area contributed by atoms with Gasteiger partial charge in [-0.15, -0.1) is 0 Å². The van der Waals surface area contributed by atoms with Gasteiger partial charge in [-0.3, -0.25) is 0 Å². The van der Waals surface area contributed by atoms with E-state index < -0.39 is 30.2 Å². The van der Waals surface area contributed by atoms with E-state index in [2.05, 4.69) is 0 Å². The molecule has 3 N–H and O–H groups in total. The van der Waals surface area contributed by atoms with E-state index in [-0.39, 0.29) is 11.7 Å². The third-order valence-corrected chi connectivity index (χ3v) is 5.82. The molecule has 0 spiro atoms. The molecule has 0 aliphatic carbocycles. The number of aliphatic hydroxyl groups excluding tert-OH is 3. The summed E-state index contributed by atoms with van der Waals surface area (Å²) in [5.41, 5.74) is 1.21. The molecule has 6 heteroatoms. The first-order valence-corrected chi connectivity index (χ1v) is 9.92. The lowest BCUT2D eigenvalue weighted by Gasteiger charge is -2.46. The summed E-state index contributed by atoms with van der Waals surface area (Å²) in [6.07, 6.45) is -3.46. The van der Waals surface area contributed by atoms with Crippen molar-refractivity contribution in [3.8, 4) is 16.9 Å². The first-order chi connectivity index (χ1) is 13.6. The van der Waals surface area contributed by atoms with Gasteiger partial charge in [-0.1, -0.05) is 32.0 Å². The van der Waals surface area contributed by atoms with E-state index in [1.807, 2.05) is 27.7 Å². The molecule has 158 valence electrons. The molecule has 0 saturated carbocycles. The van der Waals surface area contributed by atoms with Gasteiger partial charge in [0.2, 0.25) is 6.29 Å². The summed E-state index contributed by atoms with van der Waals surface area (Å²) in [7, 11) is 0. The number of rotatable bonds is 5. The van der Waals surface area contributed by atoms with Crippen molar-refractivity contribution in [1.82, 2.24) is 0 Å². The molecule has 2 aromatic rings. The Morgan fingerprint density at radius 3 is 2.52 bits per heavy atom. The van der Waals surface area contributed by atoms with Crippen LogP contribution in [0.25, 0.3) is 11.1 Å². The third kappa shape index (κ3) is 4.46. The highest BCUT2D eigenvalue weighted by Gasteiger charge is 2.47. The van der Waals surface area contributed by atoms with Crippen molar-refractivity contribution >= 4 is 0 Å². The Bertz CT molecular complexity index is 853. The summed E-state index contributed by atoms with van der Waals surface area (Å²) < 4.78 is 25.6. The monoisotopic (exact) mass is 404 g/mol. The van der Waals surface area contributed by atoms with E-state index in [0.29, 0.717) is 28.9 Å². The number of halogens is 1. The summed E-state index contributed by atoms with van der Waals surface area (Å²) in [4.78, 5) is 0. The fourth-order valence-electron chi connectivity index (χ4n) is 3.60. The molecule has 0 amide bonds. The zero-order valence-corrected chi connectivity index (χ0v) is 17.2. The van der Waals surface area contributed by atoms with Crippen LogP contribution in [-0.4, -0.2) is 39.4 Å². The van der Waals surface area contributed by atoms with Crippen LogP contribution < -0.4 is 4.74 Å². The van der Waals surface area contributed by atoms with Crippen LogP contribution in [0.15, 0.2) is 42.5 Å². The fraction of sp³-hybridized carbons (Fsp3) is 0.478. The van der Waals surface area contributed by atoms with Crippen LogP contribution in [-0.2, 0) is 4.74 Å². The van der Waals surface area contributed by atoms with Crippen LogP contribution in [0.3, 0.4) is 0 Å². The van der Waals surface area contributed by atoms with E-state index in [0.717, 1.165) is 0 Å². The molecule has 1 saturated heterocycles. The second-order valence-corrected chi connectivity index (χ2v) is 8.16. The minimum Gasteiger partial charge on any atom is -0.462 e. The molecule has 5 atom stereocenters. The third-order valence-electron chi connectivity index (χ3n) is 5.82. The lowest BCUT2D eigenvalue weighted by atomic mass is 9.82. The summed E-state index contributed by atoms with van der Waals surface area (Å²) in [5, 5.41) is 31.2. The Morgan fingerprint density at radius 2 is 1.86 bits per heavy atom. The van der Waals surface area contributed by atoms with Crippen molar-refractivity contribution in [2.75, 3.05) is 0 Å². The zero-order chi connectivity index (χ0) is 21.3. The molecule has 1 fully saturated rings. The number of hydrogen-bond acceptors (Lipinski definition) is 5. The normalized spacial score (nSPS) is 27.4. The minimum atomic E-state index is -1.21. The quantitative estimate of drug-likeness (QED) is 0.706. The molecule has 1 aliphatic rings. The van der Waals surface area contributed by atoms with E-state index in [1.165, 1.54) is 12.1 Å². The van der Waals surface area contributed by atoms with Crippen molar-refractivity contribution < 1.29 is 29.2 Å². The maximum Gasteiger partial charge on any atom is 0.229 e. The van der Waals surface area contributed by atoms with Crippen LogP contribution in [0.2, 0.25) is 0 Å². The second kappa shape index (κ2) is 8.40. The number of aliphatic hydroxyl groups is 3. The first kappa shape index (κ1) is 21.7. The Hall–Kier alpha value is -1.99. The molecule has 0 aromatic heterocycles. The van der Waals surface area contributed by atoms with Gasteiger partial charge in [0, 0.05) is 5.92 Å². The predicted octanol–water partition coefficient (Wildman–Crippen LogP) is 3.81. The largest absolute Gasteiger partial charge is 0.462 e. The van der Waals surface area contributed by atoms with Gasteiger partial charge in [-0.05, 0) is 61.2 Å². The average Bonchev–Trinajstić information content (AvgIpc) is 2.69. The molecule has 2 aromatic carbocycles. The van der Waals surface area contributed by atoms with Gasteiger partial charge in [-0.25, -0.2) is 4.39 Å². The van der Waals surface area contributed by atoms with Crippen molar-refractivity contribution in [2.24, 2.45) is 5.92 Å². The van der Waals surface area contributed by atoms with Crippen molar-refractivity contribution in [2.45, 2.75) is 64.3 Å². The summed E-state index contributed by atoms with van der Waals surface area (Å²) in [6.45, 7) is 7.35. The molecule has 1 unspecified atom stereocenters. The second-order valence-electron chi connectivity index (χ2n) is 8.16. The molecule has 29 heavy (non-hydrogen) atoms. The number of benzene rings is 2. The van der Waals surface area contributed by atoms with E-state index >= 15 is 0 Å². The van der Waals surface area contributed by atoms with Crippen molar-refractivity contribution in [3.05, 3.63) is 53.8 Å². The molecule has 3 rings (SSSR count). The van der Waals surface area contributed by atoms with Gasteiger partial charge in [-0.2, -0.15) is 0 Å². The highest BCUT2D eigenvalue weighted by Crippen LogP contribution is 2.37. The Balaban J connectivity index is 1.96. The molecular formula is C23H29FO5. The highest BCUT2D eigenvalue weighted by atomic mass is 19.1. The Kier molecular flexibility index (Phi) is 6.29. The standard InChI is InChI=1S/C23H29FO5/c1-5-19(25)17-10-9-16(12-18(17)14-7-6-8-15(24)11-14)28-22-21(27)20(26)13(2)23(3,4)29-22/h6-13,19-22,25-27H,5H2,1-4H3/t13-,19?,20-,21-,22-/m1/s1. The van der Waals surface area contributed by atoms with Gasteiger partial charge in [0.1, 0.15) is 17.7 Å². The van der Waals surface area contributed by atoms with Crippen LogP contribution in [0.4, 0.5) is 4.39 Å². The highest BCUT2D eigenvalue weighted by molar-refractivity contribution is 5.69. The molecule has 1 aliphatic heterocycles. The minimum absolute atomic E-state index is 0.276. The lowest BCUT2D eigenvalue weighted by Crippen LogP contribution is -2.59. The number of ether oxygens (including phenoxy) is 2. The molecular weight excluding hydrogens is 375 g/mol. The fourth-order valence-corrected chi connectivity index (χ4v) is 3.60. The molecule has 5 nitrogen and oxygen atoms in total. The van der Waals surface area contributed by atoms with E-state index in [4.69, 9.17) is 9.47 Å². The van der Waals surface area contributed by atoms with Gasteiger partial charge < -0.3 is 24.8 Å². The van der Waals surface area contributed by atoms with Crippen molar-refractivity contribution in [3.63, 3.8) is 0 Å². The van der Waals surface area contributed by atoms with E-state index in [9.17, 15) is 19.7 Å². The average molecular weight is 404 g/mol. The van der Waals surface area contributed by atoms with Crippen molar-refractivity contribution in [1.29, 1.82) is 0 Å². The van der Waals surface area contributed by atoms with Crippen LogP contribution in [0.1, 0.15) is 45.8 Å². The summed E-state index contributed by atoms with van der Waals surface area (Å²) in [6, 6.07) is 11.2. The maximum absolute atomic E-state index is 13.8. The first-order valence-electron chi connectivity index (χ1n) is 9.92. The van der Waals surface area contributed by atoms with E-state index in [1.54, 1.807) is 30.3 Å². The predicted molar refractivity (Wildman–Crippen MR) is 108 cm³/mol. The van der Waals surface area contributed by atoms with Crippen LogP contribution in [0, 0.1) is 11.7 Å². The topological polar surface area (TPSA) is 79.2 Å². The van der Waals surface area contributed by atoms with Gasteiger partial charge in [0.05, 0.1) is 17.8 Å². The summed E-state index contributed by atoms with van der Waals surface area (Å²) in [5.74, 6) is -0.268. The molecule has 1 heterocycles.